The minimum atomic E-state index is 0.119. The van der Waals surface area contributed by atoms with E-state index in [0.717, 1.165) is 29.7 Å². The number of nitrogens with one attached hydrogen (secondary N) is 2. The zero-order valence-electron chi connectivity index (χ0n) is 17.2. The molecule has 0 atom stereocenters. The number of ether oxygens (including phenoxy) is 3. The van der Waals surface area contributed by atoms with Crippen LogP contribution in [0.2, 0.25) is 5.02 Å². The number of halogens is 1. The summed E-state index contributed by atoms with van der Waals surface area (Å²) in [6.07, 6.45) is 4.93. The average Bonchev–Trinajstić information content (AvgIpc) is 2.78. The summed E-state index contributed by atoms with van der Waals surface area (Å²) < 4.78 is 17.4. The van der Waals surface area contributed by atoms with Crippen LogP contribution >= 0.6 is 11.6 Å². The monoisotopic (exact) mass is 449 g/mol. The van der Waals surface area contributed by atoms with E-state index in [9.17, 15) is 0 Å². The molecule has 2 aromatic heterocycles. The maximum atomic E-state index is 6.45. The summed E-state index contributed by atoms with van der Waals surface area (Å²) in [7, 11) is 1.62. The van der Waals surface area contributed by atoms with E-state index in [0.29, 0.717) is 33.8 Å². The molecule has 8 nitrogen and oxygen atoms in total. The van der Waals surface area contributed by atoms with Crippen molar-refractivity contribution in [2.75, 3.05) is 25.5 Å². The number of pyridine rings is 1. The van der Waals surface area contributed by atoms with Crippen molar-refractivity contribution in [2.24, 2.45) is 0 Å². The van der Waals surface area contributed by atoms with Crippen LogP contribution in [0.25, 0.3) is 10.9 Å². The predicted molar refractivity (Wildman–Crippen MR) is 122 cm³/mol. The summed E-state index contributed by atoms with van der Waals surface area (Å²) in [6, 6.07) is 12.8. The van der Waals surface area contributed by atoms with Gasteiger partial charge in [-0.1, -0.05) is 11.6 Å². The highest BCUT2D eigenvalue weighted by Crippen LogP contribution is 2.37. The third-order valence-corrected chi connectivity index (χ3v) is 5.31. The van der Waals surface area contributed by atoms with Crippen molar-refractivity contribution in [1.29, 1.82) is 0 Å². The van der Waals surface area contributed by atoms with Gasteiger partial charge in [0, 0.05) is 36.4 Å². The molecule has 1 saturated heterocycles. The van der Waals surface area contributed by atoms with Gasteiger partial charge in [-0.15, -0.1) is 0 Å². The molecule has 4 aromatic rings. The Labute approximate surface area is 189 Å². The van der Waals surface area contributed by atoms with Gasteiger partial charge in [0.1, 0.15) is 29.7 Å². The molecule has 0 amide bonds. The van der Waals surface area contributed by atoms with Gasteiger partial charge in [-0.25, -0.2) is 9.97 Å². The van der Waals surface area contributed by atoms with Crippen molar-refractivity contribution in [1.82, 2.24) is 20.3 Å². The molecular weight excluding hydrogens is 430 g/mol. The van der Waals surface area contributed by atoms with E-state index in [1.54, 1.807) is 37.7 Å². The topological polar surface area (TPSA) is 90.4 Å². The first kappa shape index (κ1) is 20.3. The first-order valence-electron chi connectivity index (χ1n) is 10.0. The van der Waals surface area contributed by atoms with Gasteiger partial charge in [-0.3, -0.25) is 4.98 Å². The van der Waals surface area contributed by atoms with Gasteiger partial charge in [0.15, 0.2) is 11.5 Å². The standard InChI is InChI=1S/C23H20ClN5O3/c1-30-21-9-19-17(8-22(21)32-16-11-26-12-16)23(28-13-27-19)29-14-4-5-20(18(24)7-14)31-15-3-2-6-25-10-15/h2-10,13,16,26H,11-12H2,1H3,(H,27,28,29). The zero-order valence-corrected chi connectivity index (χ0v) is 18.0. The molecule has 2 N–H and O–H groups in total. The quantitative estimate of drug-likeness (QED) is 0.424. The lowest BCUT2D eigenvalue weighted by Gasteiger charge is -2.28. The van der Waals surface area contributed by atoms with E-state index in [1.807, 2.05) is 24.3 Å². The van der Waals surface area contributed by atoms with Crippen LogP contribution in [0.3, 0.4) is 0 Å². The minimum Gasteiger partial charge on any atom is -0.493 e. The van der Waals surface area contributed by atoms with Crippen molar-refractivity contribution in [3.63, 3.8) is 0 Å². The lowest BCUT2D eigenvalue weighted by Crippen LogP contribution is -2.50. The molecule has 1 aliphatic heterocycles. The smallest absolute Gasteiger partial charge is 0.162 e. The number of methoxy groups -OCH3 is 1. The number of aromatic nitrogens is 3. The van der Waals surface area contributed by atoms with Gasteiger partial charge in [-0.2, -0.15) is 0 Å². The Morgan fingerprint density at radius 2 is 1.97 bits per heavy atom. The number of benzene rings is 2. The number of hydrogen-bond acceptors (Lipinski definition) is 8. The molecule has 0 bridgehead atoms. The Balaban J connectivity index is 1.43. The van der Waals surface area contributed by atoms with Crippen LogP contribution in [-0.4, -0.2) is 41.3 Å². The second-order valence-electron chi connectivity index (χ2n) is 7.20. The van der Waals surface area contributed by atoms with Crippen molar-refractivity contribution in [2.45, 2.75) is 6.10 Å². The maximum absolute atomic E-state index is 6.45. The highest BCUT2D eigenvalue weighted by atomic mass is 35.5. The normalized spacial score (nSPS) is 13.4. The van der Waals surface area contributed by atoms with E-state index in [2.05, 4.69) is 25.6 Å². The van der Waals surface area contributed by atoms with Crippen LogP contribution in [-0.2, 0) is 0 Å². The first-order chi connectivity index (χ1) is 15.7. The van der Waals surface area contributed by atoms with Crippen molar-refractivity contribution < 1.29 is 14.2 Å². The predicted octanol–water partition coefficient (Wildman–Crippen LogP) is 4.57. The van der Waals surface area contributed by atoms with Crippen molar-refractivity contribution >= 4 is 34.0 Å². The van der Waals surface area contributed by atoms with Crippen molar-refractivity contribution in [3.8, 4) is 23.0 Å². The van der Waals surface area contributed by atoms with Gasteiger partial charge < -0.3 is 24.8 Å². The number of nitrogens with zero attached hydrogens (tertiary/aromatic N) is 3. The second kappa shape index (κ2) is 8.86. The molecule has 1 fully saturated rings. The van der Waals surface area contributed by atoms with Crippen LogP contribution in [0.1, 0.15) is 0 Å². The molecule has 0 aliphatic carbocycles. The summed E-state index contributed by atoms with van der Waals surface area (Å²) in [5, 5.41) is 7.78. The molecular formula is C23H20ClN5O3. The highest BCUT2D eigenvalue weighted by molar-refractivity contribution is 6.32. The summed E-state index contributed by atoms with van der Waals surface area (Å²) in [4.78, 5) is 12.8. The molecule has 3 heterocycles. The Hall–Kier alpha value is -3.62. The van der Waals surface area contributed by atoms with Crippen LogP contribution < -0.4 is 24.8 Å². The Morgan fingerprint density at radius 3 is 2.69 bits per heavy atom. The molecule has 0 unspecified atom stereocenters. The molecule has 32 heavy (non-hydrogen) atoms. The molecule has 162 valence electrons. The minimum absolute atomic E-state index is 0.119. The molecule has 5 rings (SSSR count). The molecule has 9 heteroatoms. The van der Waals surface area contributed by atoms with Crippen LogP contribution in [0.5, 0.6) is 23.0 Å². The molecule has 0 radical (unpaired) electrons. The number of rotatable bonds is 7. The lowest BCUT2D eigenvalue weighted by atomic mass is 10.2. The van der Waals surface area contributed by atoms with E-state index >= 15 is 0 Å². The van der Waals surface area contributed by atoms with Crippen LogP contribution in [0, 0.1) is 0 Å². The van der Waals surface area contributed by atoms with Gasteiger partial charge in [0.25, 0.3) is 0 Å². The SMILES string of the molecule is COc1cc2ncnc(Nc3ccc(Oc4cccnc4)c(Cl)c3)c2cc1OC1CNC1. The van der Waals surface area contributed by atoms with E-state index in [4.69, 9.17) is 25.8 Å². The first-order valence-corrected chi connectivity index (χ1v) is 10.4. The summed E-state index contributed by atoms with van der Waals surface area (Å²) in [5.74, 6) is 3.06. The third-order valence-electron chi connectivity index (χ3n) is 5.02. The summed E-state index contributed by atoms with van der Waals surface area (Å²) in [6.45, 7) is 1.62. The fourth-order valence-corrected chi connectivity index (χ4v) is 3.49. The summed E-state index contributed by atoms with van der Waals surface area (Å²) in [5.41, 5.74) is 1.50. The van der Waals surface area contributed by atoms with Gasteiger partial charge in [0.2, 0.25) is 0 Å². The number of fused-ring (bicyclic) bond motifs is 1. The molecule has 2 aromatic carbocycles. The highest BCUT2D eigenvalue weighted by Gasteiger charge is 2.21. The largest absolute Gasteiger partial charge is 0.493 e. The molecule has 0 spiro atoms. The summed E-state index contributed by atoms with van der Waals surface area (Å²) >= 11 is 6.45. The number of hydrogen-bond donors (Lipinski definition) is 2. The lowest BCUT2D eigenvalue weighted by molar-refractivity contribution is 0.137. The molecule has 1 aliphatic rings. The number of anilines is 2. The zero-order chi connectivity index (χ0) is 21.9. The van der Waals surface area contributed by atoms with E-state index in [1.165, 1.54) is 6.33 Å². The Morgan fingerprint density at radius 1 is 1.06 bits per heavy atom. The van der Waals surface area contributed by atoms with Crippen LogP contribution in [0.15, 0.2) is 61.2 Å². The van der Waals surface area contributed by atoms with Gasteiger partial charge >= 0.3 is 0 Å². The van der Waals surface area contributed by atoms with Gasteiger partial charge in [0.05, 0.1) is 23.8 Å². The van der Waals surface area contributed by atoms with E-state index < -0.39 is 0 Å². The Kier molecular flexibility index (Phi) is 5.62. The van der Waals surface area contributed by atoms with Crippen LogP contribution in [0.4, 0.5) is 11.5 Å². The fraction of sp³-hybridized carbons (Fsp3) is 0.174. The van der Waals surface area contributed by atoms with Crippen molar-refractivity contribution in [3.05, 3.63) is 66.2 Å². The third kappa shape index (κ3) is 4.23. The average molecular weight is 450 g/mol. The fourth-order valence-electron chi connectivity index (χ4n) is 3.27. The maximum Gasteiger partial charge on any atom is 0.162 e. The van der Waals surface area contributed by atoms with E-state index in [-0.39, 0.29) is 6.10 Å². The Bertz CT molecular complexity index is 1250. The van der Waals surface area contributed by atoms with Gasteiger partial charge in [-0.05, 0) is 36.4 Å². The second-order valence-corrected chi connectivity index (χ2v) is 7.61. The molecule has 0 saturated carbocycles.